The Labute approximate surface area is 128 Å². The van der Waals surface area contributed by atoms with Gasteiger partial charge in [0.05, 0.1) is 11.2 Å². The molecule has 0 aromatic heterocycles. The van der Waals surface area contributed by atoms with Gasteiger partial charge in [-0.1, -0.05) is 36.9 Å². The van der Waals surface area contributed by atoms with Crippen LogP contribution in [0.5, 0.6) is 0 Å². The number of hydrogen-bond acceptors (Lipinski definition) is 3. The molecule has 1 saturated heterocycles. The van der Waals surface area contributed by atoms with E-state index in [-0.39, 0.29) is 18.3 Å². The highest BCUT2D eigenvalue weighted by Crippen LogP contribution is 2.36. The Bertz CT molecular complexity index is 530. The summed E-state index contributed by atoms with van der Waals surface area (Å²) in [6.07, 6.45) is 3.70. The summed E-state index contributed by atoms with van der Waals surface area (Å²) in [5.41, 5.74) is 2.55. The molecule has 4 heteroatoms. The minimum absolute atomic E-state index is 0.310. The van der Waals surface area contributed by atoms with E-state index in [1.807, 2.05) is 25.1 Å². The van der Waals surface area contributed by atoms with Crippen LogP contribution in [-0.2, 0) is 9.31 Å². The van der Waals surface area contributed by atoms with Gasteiger partial charge in [-0.2, -0.15) is 0 Å². The Balaban J connectivity index is 2.19. The fourth-order valence-electron chi connectivity index (χ4n) is 2.24. The highest BCUT2D eigenvalue weighted by Gasteiger charge is 2.51. The first-order valence-electron chi connectivity index (χ1n) is 7.30. The molecule has 0 saturated carbocycles. The van der Waals surface area contributed by atoms with Crippen molar-refractivity contribution in [3.8, 4) is 0 Å². The van der Waals surface area contributed by atoms with Gasteiger partial charge in [0.25, 0.3) is 0 Å². The predicted octanol–water partition coefficient (Wildman–Crippen LogP) is 3.08. The Morgan fingerprint density at radius 2 is 1.62 bits per heavy atom. The van der Waals surface area contributed by atoms with Crippen LogP contribution in [0.3, 0.4) is 0 Å². The minimum atomic E-state index is -0.314. The normalized spacial score (nSPS) is 20.4. The molecule has 112 valence electrons. The first kappa shape index (κ1) is 15.9. The molecule has 0 aliphatic carbocycles. The second-order valence-corrected chi connectivity index (χ2v) is 6.26. The third-order valence-corrected chi connectivity index (χ3v) is 4.29. The van der Waals surface area contributed by atoms with E-state index in [0.717, 1.165) is 16.7 Å². The molecule has 0 radical (unpaired) electrons. The number of rotatable bonds is 4. The van der Waals surface area contributed by atoms with E-state index in [1.165, 1.54) is 0 Å². The zero-order valence-corrected chi connectivity index (χ0v) is 13.6. The Morgan fingerprint density at radius 1 is 1.10 bits per heavy atom. The van der Waals surface area contributed by atoms with Crippen molar-refractivity contribution in [2.75, 3.05) is 0 Å². The number of allylic oxidation sites excluding steroid dienone is 1. The van der Waals surface area contributed by atoms with Crippen molar-refractivity contribution in [2.24, 2.45) is 0 Å². The predicted molar refractivity (Wildman–Crippen MR) is 89.1 cm³/mol. The summed E-state index contributed by atoms with van der Waals surface area (Å²) >= 11 is 0. The number of nitrogens with one attached hydrogen (secondary N) is 1. The molecule has 0 atom stereocenters. The van der Waals surface area contributed by atoms with Crippen molar-refractivity contribution in [3.05, 3.63) is 48.7 Å². The molecule has 0 bridgehead atoms. The van der Waals surface area contributed by atoms with Gasteiger partial charge in [0, 0.05) is 5.70 Å². The van der Waals surface area contributed by atoms with E-state index < -0.39 is 0 Å². The van der Waals surface area contributed by atoms with E-state index in [4.69, 9.17) is 9.31 Å². The van der Waals surface area contributed by atoms with Crippen molar-refractivity contribution in [1.29, 1.82) is 0 Å². The van der Waals surface area contributed by atoms with Crippen LogP contribution in [0, 0.1) is 0 Å². The smallest absolute Gasteiger partial charge is 0.399 e. The van der Waals surface area contributed by atoms with E-state index in [0.29, 0.717) is 0 Å². The van der Waals surface area contributed by atoms with Crippen LogP contribution in [0.15, 0.2) is 43.1 Å². The summed E-state index contributed by atoms with van der Waals surface area (Å²) < 4.78 is 12.1. The van der Waals surface area contributed by atoms with E-state index in [9.17, 15) is 0 Å². The lowest BCUT2D eigenvalue weighted by Gasteiger charge is -2.32. The first-order chi connectivity index (χ1) is 9.80. The molecule has 3 nitrogen and oxygen atoms in total. The van der Waals surface area contributed by atoms with Gasteiger partial charge in [-0.25, -0.2) is 0 Å². The third-order valence-electron chi connectivity index (χ3n) is 4.29. The summed E-state index contributed by atoms with van der Waals surface area (Å²) in [6.45, 7) is 13.9. The van der Waals surface area contributed by atoms with Gasteiger partial charge < -0.3 is 14.6 Å². The highest BCUT2D eigenvalue weighted by molar-refractivity contribution is 6.62. The van der Waals surface area contributed by atoms with Gasteiger partial charge in [-0.05, 0) is 51.8 Å². The standard InChI is InChI=1S/C17H24BNO2/c1-7-15(19-8-2)13-9-11-14(12-10-13)18-20-16(3,4)17(5,6)21-18/h7-12,19H,2H2,1,3-6H3/b15-7-. The molecule has 1 N–H and O–H groups in total. The molecule has 1 aliphatic rings. The maximum absolute atomic E-state index is 6.06. The van der Waals surface area contributed by atoms with Crippen LogP contribution in [0.1, 0.15) is 40.2 Å². The lowest BCUT2D eigenvalue weighted by atomic mass is 9.79. The van der Waals surface area contributed by atoms with Crippen molar-refractivity contribution < 1.29 is 9.31 Å². The second kappa shape index (κ2) is 5.70. The van der Waals surface area contributed by atoms with Crippen LogP contribution in [-0.4, -0.2) is 18.3 Å². The number of benzene rings is 1. The average molecular weight is 285 g/mol. The molecule has 1 aromatic rings. The molecule has 0 amide bonds. The van der Waals surface area contributed by atoms with E-state index in [2.05, 4.69) is 51.7 Å². The van der Waals surface area contributed by atoms with E-state index in [1.54, 1.807) is 6.20 Å². The van der Waals surface area contributed by atoms with Crippen molar-refractivity contribution in [2.45, 2.75) is 45.8 Å². The van der Waals surface area contributed by atoms with E-state index >= 15 is 0 Å². The molecule has 0 spiro atoms. The van der Waals surface area contributed by atoms with Gasteiger partial charge in [-0.3, -0.25) is 0 Å². The van der Waals surface area contributed by atoms with Gasteiger partial charge in [-0.15, -0.1) is 0 Å². The zero-order valence-electron chi connectivity index (χ0n) is 13.6. The van der Waals surface area contributed by atoms with Crippen LogP contribution in [0.4, 0.5) is 0 Å². The van der Waals surface area contributed by atoms with Crippen molar-refractivity contribution in [3.63, 3.8) is 0 Å². The molecule has 0 unspecified atom stereocenters. The Hall–Kier alpha value is -1.52. The monoisotopic (exact) mass is 285 g/mol. The SMILES string of the molecule is C=CN/C(=C\C)c1ccc(B2OC(C)(C)C(C)(C)O2)cc1. The van der Waals surface area contributed by atoms with Gasteiger partial charge in [0.15, 0.2) is 0 Å². The summed E-state index contributed by atoms with van der Waals surface area (Å²) in [7, 11) is -0.314. The van der Waals surface area contributed by atoms with Crippen LogP contribution < -0.4 is 10.8 Å². The summed E-state index contributed by atoms with van der Waals surface area (Å²) in [5.74, 6) is 0. The summed E-state index contributed by atoms with van der Waals surface area (Å²) in [5, 5.41) is 3.13. The maximum Gasteiger partial charge on any atom is 0.494 e. The maximum atomic E-state index is 6.06. The molecule has 21 heavy (non-hydrogen) atoms. The lowest BCUT2D eigenvalue weighted by Crippen LogP contribution is -2.41. The fraction of sp³-hybridized carbons (Fsp3) is 0.412. The van der Waals surface area contributed by atoms with Crippen molar-refractivity contribution >= 4 is 18.3 Å². The quantitative estimate of drug-likeness (QED) is 0.862. The topological polar surface area (TPSA) is 30.5 Å². The second-order valence-electron chi connectivity index (χ2n) is 6.26. The van der Waals surface area contributed by atoms with Gasteiger partial charge in [0.2, 0.25) is 0 Å². The van der Waals surface area contributed by atoms with Crippen LogP contribution >= 0.6 is 0 Å². The first-order valence-corrected chi connectivity index (χ1v) is 7.30. The third kappa shape index (κ3) is 3.06. The Morgan fingerprint density at radius 3 is 2.05 bits per heavy atom. The van der Waals surface area contributed by atoms with Crippen molar-refractivity contribution in [1.82, 2.24) is 5.32 Å². The van der Waals surface area contributed by atoms with Crippen LogP contribution in [0.2, 0.25) is 0 Å². The van der Waals surface area contributed by atoms with Gasteiger partial charge >= 0.3 is 7.12 Å². The molecule has 2 rings (SSSR count). The molecular weight excluding hydrogens is 261 g/mol. The molecule has 1 aliphatic heterocycles. The largest absolute Gasteiger partial charge is 0.494 e. The lowest BCUT2D eigenvalue weighted by molar-refractivity contribution is 0.00578. The summed E-state index contributed by atoms with van der Waals surface area (Å²) in [6, 6.07) is 8.22. The minimum Gasteiger partial charge on any atom is -0.399 e. The molecule has 1 heterocycles. The Kier molecular flexibility index (Phi) is 4.31. The highest BCUT2D eigenvalue weighted by atomic mass is 16.7. The molecule has 1 aromatic carbocycles. The molecule has 1 fully saturated rings. The fourth-order valence-corrected chi connectivity index (χ4v) is 2.24. The average Bonchev–Trinajstić information content (AvgIpc) is 2.65. The zero-order chi connectivity index (χ0) is 15.7. The number of hydrogen-bond donors (Lipinski definition) is 1. The van der Waals surface area contributed by atoms with Crippen LogP contribution in [0.25, 0.3) is 5.70 Å². The molecular formula is C17H24BNO2. The summed E-state index contributed by atoms with van der Waals surface area (Å²) in [4.78, 5) is 0. The van der Waals surface area contributed by atoms with Gasteiger partial charge in [0.1, 0.15) is 0 Å².